The van der Waals surface area contributed by atoms with Crippen LogP contribution in [-0.4, -0.2) is 93.8 Å². The number of rotatable bonds is 32. The van der Waals surface area contributed by atoms with E-state index in [1.54, 1.807) is 0 Å². The molecule has 0 aliphatic rings. The summed E-state index contributed by atoms with van der Waals surface area (Å²) >= 11 is 5.93. The van der Waals surface area contributed by atoms with Crippen molar-refractivity contribution in [1.82, 2.24) is 0 Å². The molecular formula is C40H76O8S4Sn. The zero-order valence-electron chi connectivity index (χ0n) is 34.7. The Balaban J connectivity index is -0.000000192. The molecule has 4 atom stereocenters. The van der Waals surface area contributed by atoms with Gasteiger partial charge in [0.2, 0.25) is 0 Å². The van der Waals surface area contributed by atoms with E-state index in [4.69, 9.17) is 0 Å². The third-order valence-corrected chi connectivity index (χ3v) is 13.1. The van der Waals surface area contributed by atoms with Gasteiger partial charge < -0.3 is 39.6 Å². The molecule has 0 aliphatic carbocycles. The maximum atomic E-state index is 10.2. The summed E-state index contributed by atoms with van der Waals surface area (Å²) in [5.74, 6) is 3.36. The number of hydrogen-bond acceptors (Lipinski definition) is 12. The molecule has 0 aromatic heterocycles. The van der Waals surface area contributed by atoms with Gasteiger partial charge in [0.25, 0.3) is 0 Å². The number of carboxylic acid groups (broad SMARTS) is 4. The fourth-order valence-electron chi connectivity index (χ4n) is 4.83. The number of hydrogen-bond donors (Lipinski definition) is 0. The van der Waals surface area contributed by atoms with Gasteiger partial charge in [-0.25, -0.2) is 0 Å². The third-order valence-electron chi connectivity index (χ3n) is 8.47. The maximum absolute atomic E-state index is 10.2. The largest absolute Gasteiger partial charge is 4.00 e. The van der Waals surface area contributed by atoms with Crippen molar-refractivity contribution in [2.24, 2.45) is 23.7 Å². The number of carbonyl (C=O) groups is 4. The molecule has 0 saturated heterocycles. The molecule has 0 aliphatic heterocycles. The number of unbranched alkanes of at least 4 members (excludes halogenated alkanes) is 4. The van der Waals surface area contributed by atoms with Gasteiger partial charge in [0.1, 0.15) is 0 Å². The monoisotopic (exact) mass is 932 g/mol. The molecule has 0 aromatic rings. The number of thioether (sulfide) groups is 4. The van der Waals surface area contributed by atoms with Gasteiger partial charge in [0.15, 0.2) is 0 Å². The van der Waals surface area contributed by atoms with E-state index >= 15 is 0 Å². The quantitative estimate of drug-likeness (QED) is 0.0688. The Morgan fingerprint density at radius 1 is 0.377 bits per heavy atom. The van der Waals surface area contributed by atoms with Crippen LogP contribution in [0.2, 0.25) is 0 Å². The van der Waals surface area contributed by atoms with Crippen molar-refractivity contribution in [3.05, 3.63) is 0 Å². The minimum absolute atomic E-state index is 0. The van der Waals surface area contributed by atoms with Crippen LogP contribution in [0.3, 0.4) is 0 Å². The summed E-state index contributed by atoms with van der Waals surface area (Å²) in [6, 6.07) is 0. The molecule has 0 spiro atoms. The van der Waals surface area contributed by atoms with Gasteiger partial charge in [0.05, 0.1) is 23.9 Å². The molecule has 4 unspecified atom stereocenters. The average molecular weight is 932 g/mol. The zero-order chi connectivity index (χ0) is 40.4. The Hall–Kier alpha value is 0.0787. The fourth-order valence-corrected chi connectivity index (χ4v) is 8.91. The minimum atomic E-state index is -0.949. The summed E-state index contributed by atoms with van der Waals surface area (Å²) < 4.78 is 0. The molecule has 0 fully saturated rings. The molecule has 0 rings (SSSR count). The standard InChI is InChI=1S/4C10H20O2S.Sn/c4*1-3-5-6-9(4-2)7-13-8-10(11)12;/h4*9H,3-8H2,1-2H3,(H,11,12);/q;;;;+4/p-4. The molecule has 53 heavy (non-hydrogen) atoms. The first-order chi connectivity index (χ1) is 24.8. The van der Waals surface area contributed by atoms with Crippen molar-refractivity contribution in [3.8, 4) is 0 Å². The first-order valence-corrected chi connectivity index (χ1v) is 24.5. The number of carboxylic acids is 4. The summed E-state index contributed by atoms with van der Waals surface area (Å²) in [6.45, 7) is 17.4. The summed E-state index contributed by atoms with van der Waals surface area (Å²) in [4.78, 5) is 40.6. The molecule has 0 aromatic carbocycles. The second-order valence-electron chi connectivity index (χ2n) is 13.2. The first-order valence-electron chi connectivity index (χ1n) is 19.9. The van der Waals surface area contributed by atoms with E-state index < -0.39 is 23.9 Å². The van der Waals surface area contributed by atoms with Crippen molar-refractivity contribution < 1.29 is 39.6 Å². The maximum Gasteiger partial charge on any atom is 4.00 e. The second kappa shape index (κ2) is 50.1. The van der Waals surface area contributed by atoms with E-state index in [9.17, 15) is 39.6 Å². The van der Waals surface area contributed by atoms with Crippen molar-refractivity contribution in [2.75, 3.05) is 46.0 Å². The molecular weight excluding hydrogens is 855 g/mol. The molecule has 0 N–H and O–H groups in total. The minimum Gasteiger partial charge on any atom is -0.549 e. The van der Waals surface area contributed by atoms with Gasteiger partial charge >= 0.3 is 23.9 Å². The zero-order valence-corrected chi connectivity index (χ0v) is 40.8. The van der Waals surface area contributed by atoms with E-state index in [2.05, 4.69) is 55.4 Å². The van der Waals surface area contributed by atoms with Crippen LogP contribution in [-0.2, 0) is 19.2 Å². The Bertz CT molecular complexity index is 683. The molecule has 0 heterocycles. The van der Waals surface area contributed by atoms with Crippen LogP contribution >= 0.6 is 47.0 Å². The van der Waals surface area contributed by atoms with Gasteiger partial charge in [-0.3, -0.25) is 0 Å². The summed E-state index contributed by atoms with van der Waals surface area (Å²) in [5, 5.41) is 40.6. The third kappa shape index (κ3) is 56.5. The Labute approximate surface area is 359 Å². The Morgan fingerprint density at radius 3 is 0.660 bits per heavy atom. The Morgan fingerprint density at radius 2 is 0.547 bits per heavy atom. The average Bonchev–Trinajstić information content (AvgIpc) is 3.11. The Kier molecular flexibility index (Phi) is 58.9. The van der Waals surface area contributed by atoms with E-state index in [0.717, 1.165) is 48.7 Å². The van der Waals surface area contributed by atoms with Crippen molar-refractivity contribution in [3.63, 3.8) is 0 Å². The predicted molar refractivity (Wildman–Crippen MR) is 228 cm³/mol. The number of aliphatic carboxylic acids is 4. The van der Waals surface area contributed by atoms with E-state index in [1.807, 2.05) is 0 Å². The van der Waals surface area contributed by atoms with Gasteiger partial charge in [0, 0.05) is 23.0 Å². The normalized spacial score (nSPS) is 12.5. The topological polar surface area (TPSA) is 161 Å². The van der Waals surface area contributed by atoms with Crippen LogP contribution in [0, 0.1) is 23.7 Å². The van der Waals surface area contributed by atoms with Crippen LogP contribution in [0.15, 0.2) is 0 Å². The van der Waals surface area contributed by atoms with Crippen LogP contribution in [0.1, 0.15) is 158 Å². The molecule has 0 saturated carbocycles. The van der Waals surface area contributed by atoms with Gasteiger partial charge in [-0.2, -0.15) is 47.0 Å². The van der Waals surface area contributed by atoms with E-state index in [0.29, 0.717) is 23.7 Å². The van der Waals surface area contributed by atoms with Gasteiger partial charge in [-0.05, 0) is 72.4 Å². The van der Waals surface area contributed by atoms with Crippen LogP contribution in [0.25, 0.3) is 0 Å². The SMILES string of the molecule is CCCCC(CC)CSCC(=O)[O-].CCCCC(CC)CSCC(=O)[O-].CCCCC(CC)CSCC(=O)[O-].CCCCC(CC)CSCC(=O)[O-].[Sn+4]. The van der Waals surface area contributed by atoms with Gasteiger partial charge in [-0.1, -0.05) is 132 Å². The molecule has 312 valence electrons. The second-order valence-corrected chi connectivity index (χ2v) is 17.3. The van der Waals surface area contributed by atoms with E-state index in [1.165, 1.54) is 124 Å². The molecule has 0 bridgehead atoms. The summed E-state index contributed by atoms with van der Waals surface area (Å²) in [5.41, 5.74) is 0. The smallest absolute Gasteiger partial charge is 0.549 e. The fraction of sp³-hybridized carbons (Fsp3) is 0.900. The molecule has 8 nitrogen and oxygen atoms in total. The molecule has 0 radical (unpaired) electrons. The predicted octanol–water partition coefficient (Wildman–Crippen LogP) is 6.36. The van der Waals surface area contributed by atoms with Crippen molar-refractivity contribution in [1.29, 1.82) is 0 Å². The first kappa shape index (κ1) is 62.3. The summed E-state index contributed by atoms with van der Waals surface area (Å²) in [7, 11) is 0. The number of carbonyl (C=O) groups excluding carboxylic acids is 4. The van der Waals surface area contributed by atoms with Crippen LogP contribution in [0.5, 0.6) is 0 Å². The van der Waals surface area contributed by atoms with E-state index in [-0.39, 0.29) is 46.9 Å². The van der Waals surface area contributed by atoms with Crippen molar-refractivity contribution >= 4 is 94.8 Å². The van der Waals surface area contributed by atoms with Crippen molar-refractivity contribution in [2.45, 2.75) is 158 Å². The molecule has 0 amide bonds. The van der Waals surface area contributed by atoms with Gasteiger partial charge in [-0.15, -0.1) is 0 Å². The van der Waals surface area contributed by atoms with Crippen LogP contribution in [0.4, 0.5) is 0 Å². The summed E-state index contributed by atoms with van der Waals surface area (Å²) in [6.07, 6.45) is 19.4. The molecule has 13 heteroatoms. The van der Waals surface area contributed by atoms with Crippen LogP contribution < -0.4 is 20.4 Å².